The molecule has 20 heavy (non-hydrogen) atoms. The second kappa shape index (κ2) is 5.83. The zero-order valence-electron chi connectivity index (χ0n) is 10.3. The minimum absolute atomic E-state index is 0.0932. The maximum Gasteiger partial charge on any atom is 0.161 e. The summed E-state index contributed by atoms with van der Waals surface area (Å²) in [6, 6.07) is 5.13. The normalized spacial score (nSPS) is 12.3. The summed E-state index contributed by atoms with van der Waals surface area (Å²) in [4.78, 5) is -0.941. The molecule has 0 saturated carbocycles. The van der Waals surface area contributed by atoms with Crippen molar-refractivity contribution in [2.45, 2.75) is 4.83 Å². The van der Waals surface area contributed by atoms with Crippen molar-refractivity contribution in [2.75, 3.05) is 7.11 Å². The fraction of sp³-hybridized carbons (Fsp3) is 0.143. The molecule has 0 bridgehead atoms. The van der Waals surface area contributed by atoms with E-state index in [0.29, 0.717) is 17.9 Å². The Balaban J connectivity index is 2.46. The highest BCUT2D eigenvalue weighted by molar-refractivity contribution is 9.09. The van der Waals surface area contributed by atoms with Crippen molar-refractivity contribution in [3.8, 4) is 5.75 Å². The van der Waals surface area contributed by atoms with E-state index in [0.717, 1.165) is 6.07 Å². The predicted octanol–water partition coefficient (Wildman–Crippen LogP) is 4.74. The first-order valence-electron chi connectivity index (χ1n) is 5.56. The summed E-state index contributed by atoms with van der Waals surface area (Å²) in [5.41, 5.74) is -0.0938. The van der Waals surface area contributed by atoms with E-state index in [1.54, 1.807) is 0 Å². The van der Waals surface area contributed by atoms with Crippen LogP contribution in [0.4, 0.5) is 17.6 Å². The first-order chi connectivity index (χ1) is 9.43. The van der Waals surface area contributed by atoms with E-state index < -0.39 is 28.1 Å². The first-order valence-corrected chi connectivity index (χ1v) is 6.47. The Kier molecular flexibility index (Phi) is 4.32. The van der Waals surface area contributed by atoms with Gasteiger partial charge in [-0.2, -0.15) is 0 Å². The van der Waals surface area contributed by atoms with E-state index in [2.05, 4.69) is 15.9 Å². The molecule has 1 unspecified atom stereocenters. The SMILES string of the molecule is COc1ccc(C(Br)c2cc(F)c(F)cc2F)c(F)c1. The third-order valence-electron chi connectivity index (χ3n) is 2.79. The number of halogens is 5. The number of benzene rings is 2. The van der Waals surface area contributed by atoms with Crippen LogP contribution < -0.4 is 4.74 Å². The van der Waals surface area contributed by atoms with Crippen LogP contribution in [0, 0.1) is 23.3 Å². The number of ether oxygens (including phenoxy) is 1. The molecule has 1 nitrogen and oxygen atoms in total. The lowest BCUT2D eigenvalue weighted by Crippen LogP contribution is -2.02. The van der Waals surface area contributed by atoms with Crippen LogP contribution in [-0.4, -0.2) is 7.11 Å². The van der Waals surface area contributed by atoms with E-state index in [1.165, 1.54) is 19.2 Å². The van der Waals surface area contributed by atoms with Crippen LogP contribution in [-0.2, 0) is 0 Å². The number of alkyl halides is 1. The van der Waals surface area contributed by atoms with Crippen LogP contribution in [0.5, 0.6) is 5.75 Å². The average molecular weight is 349 g/mol. The number of methoxy groups -OCH3 is 1. The maximum atomic E-state index is 13.9. The predicted molar refractivity (Wildman–Crippen MR) is 70.0 cm³/mol. The molecule has 0 N–H and O–H groups in total. The Labute approximate surface area is 121 Å². The zero-order chi connectivity index (χ0) is 14.9. The molecule has 0 fully saturated rings. The van der Waals surface area contributed by atoms with Gasteiger partial charge in [0.2, 0.25) is 0 Å². The Bertz CT molecular complexity index is 645. The summed E-state index contributed by atoms with van der Waals surface area (Å²) in [7, 11) is 1.38. The van der Waals surface area contributed by atoms with E-state index in [-0.39, 0.29) is 11.1 Å². The molecule has 2 aromatic carbocycles. The molecular weight excluding hydrogens is 340 g/mol. The lowest BCUT2D eigenvalue weighted by Gasteiger charge is -2.14. The summed E-state index contributed by atoms with van der Waals surface area (Å²) in [6.07, 6.45) is 0. The highest BCUT2D eigenvalue weighted by Gasteiger charge is 2.21. The number of rotatable bonds is 3. The zero-order valence-corrected chi connectivity index (χ0v) is 11.8. The van der Waals surface area contributed by atoms with Crippen LogP contribution in [0.25, 0.3) is 0 Å². The van der Waals surface area contributed by atoms with Gasteiger partial charge in [0.1, 0.15) is 17.4 Å². The van der Waals surface area contributed by atoms with Gasteiger partial charge in [0, 0.05) is 23.3 Å². The molecule has 0 aliphatic heterocycles. The van der Waals surface area contributed by atoms with Gasteiger partial charge in [-0.1, -0.05) is 22.0 Å². The smallest absolute Gasteiger partial charge is 0.161 e. The van der Waals surface area contributed by atoms with E-state index in [4.69, 9.17) is 4.74 Å². The van der Waals surface area contributed by atoms with Crippen LogP contribution in [0.2, 0.25) is 0 Å². The summed E-state index contributed by atoms with van der Waals surface area (Å²) in [5, 5.41) is 0. The third-order valence-corrected chi connectivity index (χ3v) is 3.78. The third kappa shape index (κ3) is 2.80. The lowest BCUT2D eigenvalue weighted by atomic mass is 10.0. The number of hydrogen-bond acceptors (Lipinski definition) is 1. The van der Waals surface area contributed by atoms with Gasteiger partial charge in [-0.3, -0.25) is 0 Å². The maximum absolute atomic E-state index is 13.9. The fourth-order valence-corrected chi connectivity index (χ4v) is 2.46. The topological polar surface area (TPSA) is 9.23 Å². The molecule has 0 radical (unpaired) electrons. The van der Waals surface area contributed by atoms with Crippen molar-refractivity contribution < 1.29 is 22.3 Å². The Morgan fingerprint density at radius 1 is 0.850 bits per heavy atom. The van der Waals surface area contributed by atoms with Gasteiger partial charge in [-0.15, -0.1) is 0 Å². The molecule has 2 aromatic rings. The Hall–Kier alpha value is -1.56. The van der Waals surface area contributed by atoms with Gasteiger partial charge in [0.15, 0.2) is 11.6 Å². The van der Waals surface area contributed by atoms with E-state index in [9.17, 15) is 17.6 Å². The van der Waals surface area contributed by atoms with Gasteiger partial charge < -0.3 is 4.74 Å². The van der Waals surface area contributed by atoms with Crippen molar-refractivity contribution in [1.82, 2.24) is 0 Å². The quantitative estimate of drug-likeness (QED) is 0.442. The van der Waals surface area contributed by atoms with Gasteiger partial charge in [0.05, 0.1) is 11.9 Å². The lowest BCUT2D eigenvalue weighted by molar-refractivity contribution is 0.410. The molecular formula is C14H9BrF4O. The minimum atomic E-state index is -1.29. The second-order valence-electron chi connectivity index (χ2n) is 4.04. The molecule has 1 atom stereocenters. The van der Waals surface area contributed by atoms with Gasteiger partial charge in [-0.05, 0) is 12.1 Å². The fourth-order valence-electron chi connectivity index (χ4n) is 1.74. The van der Waals surface area contributed by atoms with Gasteiger partial charge in [0.25, 0.3) is 0 Å². The molecule has 0 heterocycles. The monoisotopic (exact) mass is 348 g/mol. The van der Waals surface area contributed by atoms with Gasteiger partial charge >= 0.3 is 0 Å². The molecule has 0 amide bonds. The summed E-state index contributed by atoms with van der Waals surface area (Å²) in [5.74, 6) is -3.78. The molecule has 0 saturated heterocycles. The first kappa shape index (κ1) is 14.8. The minimum Gasteiger partial charge on any atom is -0.497 e. The van der Waals surface area contributed by atoms with Crippen molar-refractivity contribution in [3.05, 3.63) is 64.7 Å². The van der Waals surface area contributed by atoms with Crippen LogP contribution >= 0.6 is 15.9 Å². The molecule has 0 aliphatic carbocycles. The molecule has 0 aromatic heterocycles. The molecule has 106 valence electrons. The molecule has 0 aliphatic rings. The van der Waals surface area contributed by atoms with Crippen molar-refractivity contribution >= 4 is 15.9 Å². The summed E-state index contributed by atoms with van der Waals surface area (Å²) in [6.45, 7) is 0. The van der Waals surface area contributed by atoms with Crippen LogP contribution in [0.1, 0.15) is 16.0 Å². The average Bonchev–Trinajstić information content (AvgIpc) is 2.42. The summed E-state index contributed by atoms with van der Waals surface area (Å²) >= 11 is 3.09. The largest absolute Gasteiger partial charge is 0.497 e. The molecule has 0 spiro atoms. The highest BCUT2D eigenvalue weighted by atomic mass is 79.9. The van der Waals surface area contributed by atoms with Crippen LogP contribution in [0.15, 0.2) is 30.3 Å². The van der Waals surface area contributed by atoms with E-state index >= 15 is 0 Å². The van der Waals surface area contributed by atoms with Crippen molar-refractivity contribution in [2.24, 2.45) is 0 Å². The Morgan fingerprint density at radius 3 is 2.05 bits per heavy atom. The summed E-state index contributed by atoms with van der Waals surface area (Å²) < 4.78 is 58.5. The Morgan fingerprint density at radius 2 is 1.45 bits per heavy atom. The van der Waals surface area contributed by atoms with Crippen molar-refractivity contribution in [1.29, 1.82) is 0 Å². The highest BCUT2D eigenvalue weighted by Crippen LogP contribution is 2.35. The standard InChI is InChI=1S/C14H9BrF4O/c1-20-7-2-3-8(10(16)4-7)14(15)9-5-12(18)13(19)6-11(9)17/h2-6,14H,1H3. The van der Waals surface area contributed by atoms with E-state index in [1.807, 2.05) is 0 Å². The molecule has 2 rings (SSSR count). The molecule has 6 heteroatoms. The second-order valence-corrected chi connectivity index (χ2v) is 4.95. The van der Waals surface area contributed by atoms with Crippen molar-refractivity contribution in [3.63, 3.8) is 0 Å². The van der Waals surface area contributed by atoms with Gasteiger partial charge in [-0.25, -0.2) is 17.6 Å². The number of hydrogen-bond donors (Lipinski definition) is 0. The van der Waals surface area contributed by atoms with Crippen LogP contribution in [0.3, 0.4) is 0 Å².